The average molecular weight is 371 g/mol. The van der Waals surface area contributed by atoms with E-state index in [1.807, 2.05) is 6.92 Å². The minimum absolute atomic E-state index is 0.0989. The molecule has 0 aliphatic carbocycles. The lowest BCUT2D eigenvalue weighted by Crippen LogP contribution is -2.36. The summed E-state index contributed by atoms with van der Waals surface area (Å²) in [5.74, 6) is -0.839. The molecular formula is C18H21N5O4. The van der Waals surface area contributed by atoms with Gasteiger partial charge in [0.05, 0.1) is 31.3 Å². The number of carbonyl (C=O) groups is 3. The van der Waals surface area contributed by atoms with Crippen LogP contribution in [0.2, 0.25) is 0 Å². The van der Waals surface area contributed by atoms with Crippen LogP contribution < -0.4 is 5.32 Å². The second-order valence-corrected chi connectivity index (χ2v) is 6.34. The maximum atomic E-state index is 12.7. The van der Waals surface area contributed by atoms with E-state index in [1.165, 1.54) is 7.11 Å². The summed E-state index contributed by atoms with van der Waals surface area (Å²) < 4.78 is 4.54. The Kier molecular flexibility index (Phi) is 5.49. The summed E-state index contributed by atoms with van der Waals surface area (Å²) in [4.78, 5) is 41.8. The lowest BCUT2D eigenvalue weighted by Gasteiger charge is -2.27. The van der Waals surface area contributed by atoms with Gasteiger partial charge in [-0.3, -0.25) is 24.5 Å². The molecule has 0 atom stereocenters. The normalized spacial score (nSPS) is 13.0. The fourth-order valence-corrected chi connectivity index (χ4v) is 3.00. The molecule has 0 spiro atoms. The Morgan fingerprint density at radius 2 is 2.15 bits per heavy atom. The number of fused-ring (bicyclic) bond motifs is 1. The fraction of sp³-hybridized carbons (Fsp3) is 0.389. The third-order valence-electron chi connectivity index (χ3n) is 4.40. The van der Waals surface area contributed by atoms with Gasteiger partial charge in [-0.15, -0.1) is 0 Å². The summed E-state index contributed by atoms with van der Waals surface area (Å²) in [6.45, 7) is 2.91. The maximum Gasteiger partial charge on any atom is 0.307 e. The smallest absolute Gasteiger partial charge is 0.307 e. The molecule has 0 bridgehead atoms. The number of amides is 2. The molecule has 0 fully saturated rings. The van der Waals surface area contributed by atoms with Crippen molar-refractivity contribution in [2.45, 2.75) is 26.3 Å². The molecule has 27 heavy (non-hydrogen) atoms. The standard InChI is InChI=1S/C18H21N5O4/c1-11-7-12(9-19-8-11)18(26)23-6-4-13-14(10-23)21-22-16(13)17(25)20-5-3-15(24)27-2/h7-9H,3-6,10H2,1-2H3,(H,20,25)(H,21,22). The molecular weight excluding hydrogens is 350 g/mol. The lowest BCUT2D eigenvalue weighted by atomic mass is 10.0. The lowest BCUT2D eigenvalue weighted by molar-refractivity contribution is -0.140. The van der Waals surface area contributed by atoms with Crippen LogP contribution in [0, 0.1) is 6.92 Å². The second-order valence-electron chi connectivity index (χ2n) is 6.34. The van der Waals surface area contributed by atoms with Crippen molar-refractivity contribution in [2.75, 3.05) is 20.2 Å². The number of nitrogens with one attached hydrogen (secondary N) is 2. The summed E-state index contributed by atoms with van der Waals surface area (Å²) in [6.07, 6.45) is 3.88. The highest BCUT2D eigenvalue weighted by Crippen LogP contribution is 2.21. The number of rotatable bonds is 5. The highest BCUT2D eigenvalue weighted by Gasteiger charge is 2.28. The van der Waals surface area contributed by atoms with Crippen molar-refractivity contribution in [2.24, 2.45) is 0 Å². The predicted molar refractivity (Wildman–Crippen MR) is 95.0 cm³/mol. The number of pyridine rings is 1. The van der Waals surface area contributed by atoms with Gasteiger partial charge in [0.1, 0.15) is 0 Å². The van der Waals surface area contributed by atoms with E-state index in [9.17, 15) is 14.4 Å². The van der Waals surface area contributed by atoms with E-state index >= 15 is 0 Å². The topological polar surface area (TPSA) is 117 Å². The number of hydrogen-bond acceptors (Lipinski definition) is 6. The van der Waals surface area contributed by atoms with Crippen molar-refractivity contribution < 1.29 is 19.1 Å². The van der Waals surface area contributed by atoms with E-state index < -0.39 is 0 Å². The predicted octanol–water partition coefficient (Wildman–Crippen LogP) is 0.605. The number of H-pyrrole nitrogens is 1. The van der Waals surface area contributed by atoms with Gasteiger partial charge in [0, 0.05) is 31.0 Å². The van der Waals surface area contributed by atoms with Crippen LogP contribution in [0.3, 0.4) is 0 Å². The first-order chi connectivity index (χ1) is 13.0. The van der Waals surface area contributed by atoms with Crippen molar-refractivity contribution in [1.82, 2.24) is 25.4 Å². The van der Waals surface area contributed by atoms with Crippen molar-refractivity contribution >= 4 is 17.8 Å². The van der Waals surface area contributed by atoms with Crippen LogP contribution in [0.25, 0.3) is 0 Å². The molecule has 2 aromatic rings. The molecule has 9 heteroatoms. The minimum atomic E-state index is -0.390. The number of aryl methyl sites for hydroxylation is 1. The Labute approximate surface area is 156 Å². The number of aromatic nitrogens is 3. The molecule has 2 N–H and O–H groups in total. The number of carbonyl (C=O) groups excluding carboxylic acids is 3. The van der Waals surface area contributed by atoms with E-state index in [1.54, 1.807) is 23.4 Å². The molecule has 0 radical (unpaired) electrons. The van der Waals surface area contributed by atoms with Gasteiger partial charge < -0.3 is 15.0 Å². The van der Waals surface area contributed by atoms with Crippen LogP contribution in [0.1, 0.15) is 44.1 Å². The number of methoxy groups -OCH3 is 1. The van der Waals surface area contributed by atoms with Gasteiger partial charge in [0.25, 0.3) is 11.8 Å². The van der Waals surface area contributed by atoms with Gasteiger partial charge in [-0.2, -0.15) is 5.10 Å². The van der Waals surface area contributed by atoms with Crippen LogP contribution in [0.4, 0.5) is 0 Å². The van der Waals surface area contributed by atoms with Crippen LogP contribution in [0.5, 0.6) is 0 Å². The Morgan fingerprint density at radius 3 is 2.89 bits per heavy atom. The van der Waals surface area contributed by atoms with Crippen LogP contribution in [-0.4, -0.2) is 58.1 Å². The molecule has 1 aliphatic heterocycles. The third kappa shape index (κ3) is 4.13. The number of esters is 1. The van der Waals surface area contributed by atoms with E-state index in [0.717, 1.165) is 16.8 Å². The number of ether oxygens (including phenoxy) is 1. The first kappa shape index (κ1) is 18.6. The monoisotopic (exact) mass is 371 g/mol. The average Bonchev–Trinajstić information content (AvgIpc) is 3.10. The van der Waals surface area contributed by atoms with Crippen molar-refractivity contribution in [3.05, 3.63) is 46.5 Å². The second kappa shape index (κ2) is 7.98. The van der Waals surface area contributed by atoms with E-state index in [0.29, 0.717) is 30.8 Å². The molecule has 0 unspecified atom stereocenters. The van der Waals surface area contributed by atoms with Crippen LogP contribution >= 0.6 is 0 Å². The number of hydrogen-bond donors (Lipinski definition) is 2. The molecule has 0 saturated heterocycles. The summed E-state index contributed by atoms with van der Waals surface area (Å²) >= 11 is 0. The molecule has 1 aliphatic rings. The van der Waals surface area contributed by atoms with E-state index in [2.05, 4.69) is 25.2 Å². The molecule has 3 heterocycles. The Hall–Kier alpha value is -3.23. The van der Waals surface area contributed by atoms with Gasteiger partial charge in [-0.1, -0.05) is 0 Å². The molecule has 9 nitrogen and oxygen atoms in total. The Morgan fingerprint density at radius 1 is 1.33 bits per heavy atom. The van der Waals surface area contributed by atoms with Crippen molar-refractivity contribution in [3.8, 4) is 0 Å². The molecule has 3 rings (SSSR count). The molecule has 2 aromatic heterocycles. The van der Waals surface area contributed by atoms with Gasteiger partial charge in [0.2, 0.25) is 0 Å². The SMILES string of the molecule is COC(=O)CCNC(=O)c1n[nH]c2c1CCN(C(=O)c1cncc(C)c1)C2. The highest BCUT2D eigenvalue weighted by atomic mass is 16.5. The zero-order valence-corrected chi connectivity index (χ0v) is 15.2. The van der Waals surface area contributed by atoms with E-state index in [4.69, 9.17) is 0 Å². The van der Waals surface area contributed by atoms with Crippen LogP contribution in [0.15, 0.2) is 18.5 Å². The van der Waals surface area contributed by atoms with E-state index in [-0.39, 0.29) is 30.7 Å². The van der Waals surface area contributed by atoms with Gasteiger partial charge in [0.15, 0.2) is 5.69 Å². The number of aromatic amines is 1. The maximum absolute atomic E-state index is 12.7. The summed E-state index contributed by atoms with van der Waals surface area (Å²) in [7, 11) is 1.30. The first-order valence-electron chi connectivity index (χ1n) is 8.61. The van der Waals surface area contributed by atoms with Gasteiger partial charge in [-0.05, 0) is 25.0 Å². The summed E-state index contributed by atoms with van der Waals surface area (Å²) in [5.41, 5.74) is 3.31. The van der Waals surface area contributed by atoms with Gasteiger partial charge >= 0.3 is 5.97 Å². The molecule has 0 aromatic carbocycles. The fourth-order valence-electron chi connectivity index (χ4n) is 3.00. The summed E-state index contributed by atoms with van der Waals surface area (Å²) in [5, 5.41) is 9.60. The van der Waals surface area contributed by atoms with Crippen molar-refractivity contribution in [3.63, 3.8) is 0 Å². The Bertz CT molecular complexity index is 876. The summed E-state index contributed by atoms with van der Waals surface area (Å²) in [6, 6.07) is 1.80. The zero-order valence-electron chi connectivity index (χ0n) is 15.2. The Balaban J connectivity index is 1.65. The molecule has 0 saturated carbocycles. The largest absolute Gasteiger partial charge is 0.469 e. The van der Waals surface area contributed by atoms with Gasteiger partial charge in [-0.25, -0.2) is 0 Å². The van der Waals surface area contributed by atoms with Crippen LogP contribution in [-0.2, 0) is 22.5 Å². The first-order valence-corrected chi connectivity index (χ1v) is 8.61. The van der Waals surface area contributed by atoms with Crippen molar-refractivity contribution in [1.29, 1.82) is 0 Å². The molecule has 2 amide bonds. The number of nitrogens with zero attached hydrogens (tertiary/aromatic N) is 3. The molecule has 142 valence electrons. The third-order valence-corrected chi connectivity index (χ3v) is 4.40. The quantitative estimate of drug-likeness (QED) is 0.744. The minimum Gasteiger partial charge on any atom is -0.469 e. The zero-order chi connectivity index (χ0) is 19.4. The highest BCUT2D eigenvalue weighted by molar-refractivity contribution is 5.95.